The largest absolute Gasteiger partial charge is 0.375 e. The Morgan fingerprint density at radius 1 is 1.17 bits per heavy atom. The van der Waals surface area contributed by atoms with Gasteiger partial charge in [0.1, 0.15) is 17.1 Å². The van der Waals surface area contributed by atoms with E-state index in [0.29, 0.717) is 17.0 Å². The quantitative estimate of drug-likeness (QED) is 0.799. The van der Waals surface area contributed by atoms with Crippen molar-refractivity contribution >= 4 is 29.1 Å². The first-order chi connectivity index (χ1) is 13.7. The summed E-state index contributed by atoms with van der Waals surface area (Å²) >= 11 is 0. The lowest BCUT2D eigenvalue weighted by Crippen LogP contribution is -2.46. The minimum Gasteiger partial charge on any atom is -0.375 e. The van der Waals surface area contributed by atoms with Crippen LogP contribution in [0.3, 0.4) is 0 Å². The summed E-state index contributed by atoms with van der Waals surface area (Å²) in [5.74, 6) is 0.542. The lowest BCUT2D eigenvalue weighted by atomic mass is 9.96. The number of fused-ring (bicyclic) bond motifs is 1. The Morgan fingerprint density at radius 2 is 1.93 bits per heavy atom. The number of piperidine rings is 1. The third-order valence-electron chi connectivity index (χ3n) is 5.66. The molecule has 0 aliphatic carbocycles. The molecule has 2 aromatic rings. The Kier molecular flexibility index (Phi) is 7.62. The van der Waals surface area contributed by atoms with Crippen LogP contribution in [-0.4, -0.2) is 73.4 Å². The fraction of sp³-hybridized carbons (Fsp3) is 0.571. The number of hydrogen-bond donors (Lipinski definition) is 1. The molecular weight excluding hydrogens is 388 g/mol. The second-order valence-corrected chi connectivity index (χ2v) is 7.83. The highest BCUT2D eigenvalue weighted by Crippen LogP contribution is 2.30. The molecule has 7 nitrogen and oxygen atoms in total. The van der Waals surface area contributed by atoms with E-state index in [1.807, 2.05) is 12.1 Å². The van der Waals surface area contributed by atoms with Gasteiger partial charge in [0, 0.05) is 58.2 Å². The van der Waals surface area contributed by atoms with E-state index >= 15 is 0 Å². The number of piperazine rings is 1. The molecule has 1 aromatic carbocycles. The molecule has 1 aromatic heterocycles. The SMILES string of the molecule is C[C@@H]1C[C@H](OCCN2CCNCC2)CN(c2ccc(C#N)c3nccnc23)C1.Cl. The van der Waals surface area contributed by atoms with E-state index in [-0.39, 0.29) is 18.5 Å². The van der Waals surface area contributed by atoms with Crippen molar-refractivity contribution in [2.45, 2.75) is 19.4 Å². The van der Waals surface area contributed by atoms with Gasteiger partial charge in [-0.15, -0.1) is 12.4 Å². The summed E-state index contributed by atoms with van der Waals surface area (Å²) < 4.78 is 6.27. The van der Waals surface area contributed by atoms with Gasteiger partial charge in [0.25, 0.3) is 0 Å². The molecule has 2 atom stereocenters. The Hall–Kier alpha value is -1.98. The first-order valence-electron chi connectivity index (χ1n) is 10.2. The van der Waals surface area contributed by atoms with E-state index in [0.717, 1.165) is 70.0 Å². The number of rotatable bonds is 5. The number of halogens is 1. The molecule has 0 unspecified atom stereocenters. The molecule has 1 N–H and O–H groups in total. The highest BCUT2D eigenvalue weighted by Gasteiger charge is 2.27. The second kappa shape index (κ2) is 10.2. The number of nitrogens with one attached hydrogen (secondary N) is 1. The Bertz CT molecular complexity index is 851. The molecule has 8 heteroatoms. The maximum atomic E-state index is 9.37. The van der Waals surface area contributed by atoms with Gasteiger partial charge in [-0.1, -0.05) is 6.92 Å². The van der Waals surface area contributed by atoms with Gasteiger partial charge in [-0.05, 0) is 24.5 Å². The van der Waals surface area contributed by atoms with Crippen molar-refractivity contribution in [3.05, 3.63) is 30.1 Å². The van der Waals surface area contributed by atoms with Gasteiger partial charge in [0.15, 0.2) is 0 Å². The van der Waals surface area contributed by atoms with Crippen LogP contribution in [0.1, 0.15) is 18.9 Å². The fourth-order valence-corrected chi connectivity index (χ4v) is 4.28. The van der Waals surface area contributed by atoms with E-state index in [1.165, 1.54) is 0 Å². The average molecular weight is 417 g/mol. The molecule has 29 heavy (non-hydrogen) atoms. The van der Waals surface area contributed by atoms with Crippen LogP contribution < -0.4 is 10.2 Å². The zero-order valence-corrected chi connectivity index (χ0v) is 17.7. The molecule has 156 valence electrons. The van der Waals surface area contributed by atoms with E-state index in [2.05, 4.69) is 38.1 Å². The monoisotopic (exact) mass is 416 g/mol. The van der Waals surface area contributed by atoms with Crippen molar-refractivity contribution in [2.24, 2.45) is 5.92 Å². The molecule has 2 aliphatic heterocycles. The predicted octanol–water partition coefficient (Wildman–Crippen LogP) is 2.06. The number of anilines is 1. The zero-order valence-electron chi connectivity index (χ0n) is 16.9. The summed E-state index contributed by atoms with van der Waals surface area (Å²) in [6, 6.07) is 6.08. The van der Waals surface area contributed by atoms with Gasteiger partial charge < -0.3 is 15.0 Å². The number of aromatic nitrogens is 2. The van der Waals surface area contributed by atoms with Crippen molar-refractivity contribution < 1.29 is 4.74 Å². The van der Waals surface area contributed by atoms with Crippen molar-refractivity contribution in [1.82, 2.24) is 20.2 Å². The van der Waals surface area contributed by atoms with Crippen LogP contribution in [0.5, 0.6) is 0 Å². The lowest BCUT2D eigenvalue weighted by Gasteiger charge is -2.38. The van der Waals surface area contributed by atoms with Gasteiger partial charge in [0.05, 0.1) is 24.0 Å². The molecule has 0 saturated carbocycles. The first-order valence-corrected chi connectivity index (χ1v) is 10.2. The summed E-state index contributed by atoms with van der Waals surface area (Å²) in [5.41, 5.74) is 3.09. The molecule has 3 heterocycles. The molecule has 0 spiro atoms. The van der Waals surface area contributed by atoms with E-state index in [1.54, 1.807) is 12.4 Å². The Balaban J connectivity index is 0.00000240. The molecule has 0 bridgehead atoms. The van der Waals surface area contributed by atoms with Crippen LogP contribution in [0, 0.1) is 17.2 Å². The highest BCUT2D eigenvalue weighted by molar-refractivity contribution is 5.92. The third kappa shape index (κ3) is 5.14. The van der Waals surface area contributed by atoms with E-state index < -0.39 is 0 Å². The predicted molar refractivity (Wildman–Crippen MR) is 117 cm³/mol. The summed E-state index contributed by atoms with van der Waals surface area (Å²) in [6.45, 7) is 10.2. The molecular formula is C21H29ClN6O. The standard InChI is InChI=1S/C21H28N6O.ClH/c1-16-12-18(28-11-10-26-8-6-23-7-9-26)15-27(14-16)19-3-2-17(13-22)20-21(19)25-5-4-24-20;/h2-5,16,18,23H,6-12,14-15H2,1H3;1H/t16-,18+;/m1./s1. The number of hydrogen-bond acceptors (Lipinski definition) is 7. The Labute approximate surface area is 178 Å². The number of ether oxygens (including phenoxy) is 1. The van der Waals surface area contributed by atoms with Crippen LogP contribution in [0.2, 0.25) is 0 Å². The molecule has 0 amide bonds. The molecule has 4 rings (SSSR count). The lowest BCUT2D eigenvalue weighted by molar-refractivity contribution is 0.0186. The van der Waals surface area contributed by atoms with E-state index in [9.17, 15) is 5.26 Å². The maximum Gasteiger partial charge on any atom is 0.113 e. The van der Waals surface area contributed by atoms with Crippen molar-refractivity contribution in [1.29, 1.82) is 5.26 Å². The van der Waals surface area contributed by atoms with Gasteiger partial charge >= 0.3 is 0 Å². The van der Waals surface area contributed by atoms with Crippen LogP contribution in [0.25, 0.3) is 11.0 Å². The summed E-state index contributed by atoms with van der Waals surface area (Å²) in [5, 5.41) is 12.8. The topological polar surface area (TPSA) is 77.3 Å². The van der Waals surface area contributed by atoms with Gasteiger partial charge in [0.2, 0.25) is 0 Å². The first kappa shape index (κ1) is 21.7. The Morgan fingerprint density at radius 3 is 2.69 bits per heavy atom. The minimum atomic E-state index is 0. The molecule has 2 saturated heterocycles. The number of nitriles is 1. The summed E-state index contributed by atoms with van der Waals surface area (Å²) in [6.07, 6.45) is 4.64. The normalized spacial score (nSPS) is 22.8. The molecule has 0 radical (unpaired) electrons. The van der Waals surface area contributed by atoms with Crippen LogP contribution in [0.4, 0.5) is 5.69 Å². The highest BCUT2D eigenvalue weighted by atomic mass is 35.5. The minimum absolute atomic E-state index is 0. The van der Waals surface area contributed by atoms with Crippen molar-refractivity contribution in [3.8, 4) is 6.07 Å². The average Bonchev–Trinajstić information content (AvgIpc) is 2.73. The van der Waals surface area contributed by atoms with Crippen LogP contribution in [0.15, 0.2) is 24.5 Å². The number of nitrogens with zero attached hydrogens (tertiary/aromatic N) is 5. The zero-order chi connectivity index (χ0) is 19.3. The second-order valence-electron chi connectivity index (χ2n) is 7.83. The summed E-state index contributed by atoms with van der Waals surface area (Å²) in [7, 11) is 0. The van der Waals surface area contributed by atoms with Crippen LogP contribution in [-0.2, 0) is 4.74 Å². The fourth-order valence-electron chi connectivity index (χ4n) is 4.28. The van der Waals surface area contributed by atoms with Gasteiger partial charge in [-0.3, -0.25) is 14.9 Å². The smallest absolute Gasteiger partial charge is 0.113 e. The number of benzene rings is 1. The van der Waals surface area contributed by atoms with Crippen LogP contribution >= 0.6 is 12.4 Å². The van der Waals surface area contributed by atoms with Gasteiger partial charge in [-0.25, -0.2) is 0 Å². The maximum absolute atomic E-state index is 9.37. The van der Waals surface area contributed by atoms with Crippen molar-refractivity contribution in [3.63, 3.8) is 0 Å². The molecule has 2 fully saturated rings. The third-order valence-corrected chi connectivity index (χ3v) is 5.66. The van der Waals surface area contributed by atoms with E-state index in [4.69, 9.17) is 4.74 Å². The summed E-state index contributed by atoms with van der Waals surface area (Å²) in [4.78, 5) is 13.7. The molecule has 2 aliphatic rings. The van der Waals surface area contributed by atoms with Gasteiger partial charge in [-0.2, -0.15) is 5.26 Å². The van der Waals surface area contributed by atoms with Crippen molar-refractivity contribution in [2.75, 3.05) is 57.3 Å².